The van der Waals surface area contributed by atoms with Crippen molar-refractivity contribution in [2.45, 2.75) is 38.9 Å². The summed E-state index contributed by atoms with van der Waals surface area (Å²) in [4.78, 5) is 2.38. The molecule has 1 aromatic heterocycles. The largest absolute Gasteiger partial charge is 0.414 e. The molecule has 3 rings (SSSR count). The van der Waals surface area contributed by atoms with E-state index in [2.05, 4.69) is 41.2 Å². The third kappa shape index (κ3) is 4.56. The van der Waals surface area contributed by atoms with E-state index in [1.165, 1.54) is 11.1 Å². The second-order valence-corrected chi connectivity index (χ2v) is 9.21. The number of benzene rings is 1. The molecule has 0 aliphatic carbocycles. The summed E-state index contributed by atoms with van der Waals surface area (Å²) in [6.45, 7) is 3.41. The van der Waals surface area contributed by atoms with Crippen molar-refractivity contribution in [3.63, 3.8) is 0 Å². The van der Waals surface area contributed by atoms with Gasteiger partial charge < -0.3 is 4.42 Å². The number of nitrogens with zero attached hydrogens (tertiary/aromatic N) is 3. The van der Waals surface area contributed by atoms with E-state index in [4.69, 9.17) is 16.6 Å². The second-order valence-electron chi connectivity index (χ2n) is 6.63. The monoisotopic (exact) mass is 381 g/mol. The lowest BCUT2D eigenvalue weighted by molar-refractivity contribution is 0.240. The molecule has 1 aliphatic heterocycles. The minimum Gasteiger partial charge on any atom is -0.414 e. The lowest BCUT2D eigenvalue weighted by Gasteiger charge is -2.16. The summed E-state index contributed by atoms with van der Waals surface area (Å²) < 4.78 is 30.4. The van der Waals surface area contributed by atoms with Crippen LogP contribution in [0.4, 0.5) is 0 Å². The molecule has 2 heterocycles. The van der Waals surface area contributed by atoms with E-state index in [1.807, 2.05) is 7.05 Å². The Hall–Kier alpha value is -1.51. The van der Waals surface area contributed by atoms with Crippen molar-refractivity contribution in [1.82, 2.24) is 14.7 Å². The maximum atomic E-state index is 11.6. The predicted octanol–water partition coefficient (Wildman–Crippen LogP) is 2.76. The topological polar surface area (TPSA) is 68.3 Å². The van der Waals surface area contributed by atoms with Crippen molar-refractivity contribution in [3.05, 3.63) is 46.1 Å². The van der Waals surface area contributed by atoms with E-state index in [-0.39, 0.29) is 22.3 Å². The van der Waals surface area contributed by atoms with Crippen LogP contribution < -0.4 is 0 Å². The van der Waals surface area contributed by atoms with Gasteiger partial charge in [0.1, 0.15) is 0 Å². The Labute approximate surface area is 153 Å². The zero-order chi connectivity index (χ0) is 18.0. The fraction of sp³-hybridized carbons (Fsp3) is 0.529. The molecule has 1 atom stereocenters. The van der Waals surface area contributed by atoms with Crippen LogP contribution in [0.3, 0.4) is 0 Å². The highest BCUT2D eigenvalue weighted by Gasteiger charge is 2.32. The summed E-state index contributed by atoms with van der Waals surface area (Å²) in [5.74, 6) is 0.550. The van der Waals surface area contributed by atoms with Crippen molar-refractivity contribution < 1.29 is 12.8 Å². The maximum Gasteiger partial charge on any atom is 0.288 e. The molecule has 2 aromatic rings. The third-order valence-corrected chi connectivity index (χ3v) is 6.52. The molecule has 1 saturated heterocycles. The number of aromatic nitrogens is 2. The molecule has 0 N–H and O–H groups in total. The Morgan fingerprint density at radius 3 is 2.60 bits per heavy atom. The first-order valence-electron chi connectivity index (χ1n) is 8.41. The van der Waals surface area contributed by atoms with Gasteiger partial charge in [-0.25, -0.2) is 13.1 Å². The van der Waals surface area contributed by atoms with Gasteiger partial charge in [0, 0.05) is 6.54 Å². The molecule has 1 aliphatic rings. The standard InChI is InChI=1S/C17H23N3O3S2/c1-3-13-4-6-14(7-5-13)10-19(2)12-20-17(24)23-16(18-20)15-8-9-25(21,22)11-15/h4-7,15H,3,8-12H2,1-2H3. The molecule has 8 heteroatoms. The normalized spacial score (nSPS) is 19.6. The van der Waals surface area contributed by atoms with E-state index in [9.17, 15) is 8.42 Å². The van der Waals surface area contributed by atoms with E-state index in [1.54, 1.807) is 4.68 Å². The van der Waals surface area contributed by atoms with Gasteiger partial charge in [-0.1, -0.05) is 31.2 Å². The van der Waals surface area contributed by atoms with Crippen LogP contribution in [0.1, 0.15) is 36.3 Å². The smallest absolute Gasteiger partial charge is 0.288 e. The molecule has 1 aromatic carbocycles. The highest BCUT2D eigenvalue weighted by molar-refractivity contribution is 7.91. The van der Waals surface area contributed by atoms with E-state index in [0.29, 0.717) is 19.0 Å². The summed E-state index contributed by atoms with van der Waals surface area (Å²) >= 11 is 5.24. The van der Waals surface area contributed by atoms with Crippen LogP contribution in [-0.2, 0) is 29.5 Å². The summed E-state index contributed by atoms with van der Waals surface area (Å²) in [7, 11) is -0.980. The molecule has 136 valence electrons. The lowest BCUT2D eigenvalue weighted by atomic mass is 10.1. The highest BCUT2D eigenvalue weighted by atomic mass is 32.2. The molecule has 0 bridgehead atoms. The van der Waals surface area contributed by atoms with Crippen LogP contribution >= 0.6 is 12.2 Å². The minimum absolute atomic E-state index is 0.0991. The predicted molar refractivity (Wildman–Crippen MR) is 98.6 cm³/mol. The minimum atomic E-state index is -2.97. The highest BCUT2D eigenvalue weighted by Crippen LogP contribution is 2.27. The molecule has 0 amide bonds. The Kier molecular flexibility index (Phi) is 5.41. The SMILES string of the molecule is CCc1ccc(CN(C)Cn2nc(C3CCS(=O)(=O)C3)oc2=S)cc1. The van der Waals surface area contributed by atoms with Gasteiger partial charge in [-0.15, -0.1) is 5.10 Å². The van der Waals surface area contributed by atoms with Gasteiger partial charge in [0.05, 0.1) is 24.1 Å². The maximum absolute atomic E-state index is 11.6. The average molecular weight is 382 g/mol. The van der Waals surface area contributed by atoms with E-state index < -0.39 is 9.84 Å². The number of hydrogen-bond acceptors (Lipinski definition) is 6. The Morgan fingerprint density at radius 1 is 1.32 bits per heavy atom. The molecule has 0 radical (unpaired) electrons. The number of hydrogen-bond donors (Lipinski definition) is 0. The van der Waals surface area contributed by atoms with Crippen molar-refractivity contribution in [1.29, 1.82) is 0 Å². The molecule has 0 saturated carbocycles. The summed E-state index contributed by atoms with van der Waals surface area (Å²) in [6, 6.07) is 8.55. The summed E-state index contributed by atoms with van der Waals surface area (Å²) in [5, 5.41) is 4.41. The zero-order valence-electron chi connectivity index (χ0n) is 14.5. The van der Waals surface area contributed by atoms with Crippen molar-refractivity contribution in [2.24, 2.45) is 0 Å². The number of aryl methyl sites for hydroxylation is 1. The van der Waals surface area contributed by atoms with Crippen LogP contribution in [0, 0.1) is 4.84 Å². The van der Waals surface area contributed by atoms with Crippen LogP contribution in [0.2, 0.25) is 0 Å². The summed E-state index contributed by atoms with van der Waals surface area (Å²) in [6.07, 6.45) is 1.58. The van der Waals surface area contributed by atoms with Crippen LogP contribution in [-0.4, -0.2) is 41.7 Å². The Morgan fingerprint density at radius 2 is 2.00 bits per heavy atom. The molecule has 1 fully saturated rings. The fourth-order valence-corrected chi connectivity index (χ4v) is 4.95. The molecule has 0 spiro atoms. The first-order chi connectivity index (χ1) is 11.9. The van der Waals surface area contributed by atoms with Gasteiger partial charge in [-0.3, -0.25) is 4.90 Å². The fourth-order valence-electron chi connectivity index (χ4n) is 3.04. The van der Waals surface area contributed by atoms with Crippen LogP contribution in [0.15, 0.2) is 28.7 Å². The molecular formula is C17H23N3O3S2. The Balaban J connectivity index is 1.65. The zero-order valence-corrected chi connectivity index (χ0v) is 16.1. The van der Waals surface area contributed by atoms with Gasteiger partial charge in [-0.2, -0.15) is 0 Å². The van der Waals surface area contributed by atoms with Gasteiger partial charge >= 0.3 is 0 Å². The van der Waals surface area contributed by atoms with Crippen LogP contribution in [0.5, 0.6) is 0 Å². The quantitative estimate of drug-likeness (QED) is 0.717. The number of rotatable bonds is 6. The van der Waals surface area contributed by atoms with Crippen molar-refractivity contribution in [2.75, 3.05) is 18.6 Å². The van der Waals surface area contributed by atoms with Crippen molar-refractivity contribution >= 4 is 22.1 Å². The van der Waals surface area contributed by atoms with Gasteiger partial charge in [0.2, 0.25) is 5.89 Å². The third-order valence-electron chi connectivity index (χ3n) is 4.46. The second kappa shape index (κ2) is 7.39. The molecule has 6 nitrogen and oxygen atoms in total. The molecular weight excluding hydrogens is 358 g/mol. The van der Waals surface area contributed by atoms with Gasteiger partial charge in [0.25, 0.3) is 4.84 Å². The number of sulfone groups is 1. The van der Waals surface area contributed by atoms with E-state index >= 15 is 0 Å². The van der Waals surface area contributed by atoms with Crippen molar-refractivity contribution in [3.8, 4) is 0 Å². The summed E-state index contributed by atoms with van der Waals surface area (Å²) in [5.41, 5.74) is 2.54. The van der Waals surface area contributed by atoms with Gasteiger partial charge in [0.15, 0.2) is 9.84 Å². The average Bonchev–Trinajstić information content (AvgIpc) is 3.11. The first-order valence-corrected chi connectivity index (χ1v) is 10.6. The Bertz CT molecular complexity index is 885. The van der Waals surface area contributed by atoms with Crippen LogP contribution in [0.25, 0.3) is 0 Å². The van der Waals surface area contributed by atoms with E-state index in [0.717, 1.165) is 13.0 Å². The van der Waals surface area contributed by atoms with Gasteiger partial charge in [-0.05, 0) is 43.2 Å². The first kappa shape index (κ1) is 18.3. The molecule has 25 heavy (non-hydrogen) atoms. The molecule has 1 unspecified atom stereocenters. The lowest BCUT2D eigenvalue weighted by Crippen LogP contribution is -2.22.